The molecule has 1 unspecified atom stereocenters. The van der Waals surface area contributed by atoms with E-state index in [0.717, 1.165) is 26.0 Å². The predicted octanol–water partition coefficient (Wildman–Crippen LogP) is 2.45. The predicted molar refractivity (Wildman–Crippen MR) is 78.5 cm³/mol. The van der Waals surface area contributed by atoms with E-state index < -0.39 is 46.6 Å². The van der Waals surface area contributed by atoms with Crippen LogP contribution in [-0.2, 0) is 4.79 Å². The van der Waals surface area contributed by atoms with Crippen molar-refractivity contribution < 1.29 is 32.6 Å². The molecule has 2 rings (SSSR count). The zero-order valence-corrected chi connectivity index (χ0v) is 12.8. The van der Waals surface area contributed by atoms with E-state index in [1.54, 1.807) is 0 Å². The zero-order valence-electron chi connectivity index (χ0n) is 12.8. The molecule has 0 amide bonds. The molecule has 1 aliphatic rings. The molecule has 0 heterocycles. The quantitative estimate of drug-likeness (QED) is 0.431. The summed E-state index contributed by atoms with van der Waals surface area (Å²) in [6.45, 7) is 0. The van der Waals surface area contributed by atoms with E-state index in [9.17, 15) is 22.8 Å². The SMILES string of the molecule is COc1c(F)c(F)cc(C(=O)C(C/C=C\C(=O)O)NC2CC2)c1F. The Morgan fingerprint density at radius 2 is 2.04 bits per heavy atom. The van der Waals surface area contributed by atoms with E-state index in [1.165, 1.54) is 6.08 Å². The molecule has 0 spiro atoms. The summed E-state index contributed by atoms with van der Waals surface area (Å²) >= 11 is 0. The molecule has 8 heteroatoms. The molecule has 130 valence electrons. The second-order valence-electron chi connectivity index (χ2n) is 5.40. The first-order chi connectivity index (χ1) is 11.3. The maximum atomic E-state index is 14.2. The van der Waals surface area contributed by atoms with Gasteiger partial charge in [0.05, 0.1) is 18.7 Å². The van der Waals surface area contributed by atoms with Crippen LogP contribution in [0.4, 0.5) is 13.2 Å². The van der Waals surface area contributed by atoms with Crippen molar-refractivity contribution in [3.63, 3.8) is 0 Å². The van der Waals surface area contributed by atoms with Gasteiger partial charge in [-0.1, -0.05) is 6.08 Å². The van der Waals surface area contributed by atoms with Gasteiger partial charge in [0.15, 0.2) is 23.2 Å². The average molecular weight is 343 g/mol. The summed E-state index contributed by atoms with van der Waals surface area (Å²) in [4.78, 5) is 23.0. The molecule has 0 aromatic heterocycles. The fraction of sp³-hybridized carbons (Fsp3) is 0.375. The zero-order chi connectivity index (χ0) is 17.9. The van der Waals surface area contributed by atoms with Crippen LogP contribution >= 0.6 is 0 Å². The first-order valence-corrected chi connectivity index (χ1v) is 7.26. The van der Waals surface area contributed by atoms with E-state index in [4.69, 9.17) is 5.11 Å². The summed E-state index contributed by atoms with van der Waals surface area (Å²) < 4.78 is 45.8. The number of carboxylic acids is 1. The van der Waals surface area contributed by atoms with Crippen molar-refractivity contribution in [1.82, 2.24) is 5.32 Å². The molecule has 0 radical (unpaired) electrons. The number of carboxylic acid groups (broad SMARTS) is 1. The number of halogens is 3. The summed E-state index contributed by atoms with van der Waals surface area (Å²) in [6, 6.07) is -0.400. The number of hydrogen-bond acceptors (Lipinski definition) is 4. The fourth-order valence-electron chi connectivity index (χ4n) is 2.22. The van der Waals surface area contributed by atoms with E-state index in [-0.39, 0.29) is 12.5 Å². The normalized spacial score (nSPS) is 15.5. The van der Waals surface area contributed by atoms with Crippen LogP contribution in [-0.4, -0.2) is 36.1 Å². The number of benzene rings is 1. The van der Waals surface area contributed by atoms with Gasteiger partial charge < -0.3 is 15.2 Å². The Hall–Kier alpha value is -2.35. The Labute approximate surface area is 136 Å². The van der Waals surface area contributed by atoms with Crippen molar-refractivity contribution in [2.24, 2.45) is 0 Å². The third-order valence-electron chi connectivity index (χ3n) is 3.55. The summed E-state index contributed by atoms with van der Waals surface area (Å²) in [6.07, 6.45) is 3.74. The van der Waals surface area contributed by atoms with Crippen molar-refractivity contribution in [3.05, 3.63) is 41.2 Å². The van der Waals surface area contributed by atoms with E-state index in [1.807, 2.05) is 0 Å². The number of carbonyl (C=O) groups excluding carboxylic acids is 1. The standard InChI is InChI=1S/C16H16F3NO4/c1-24-16-13(18)9(7-10(17)14(16)19)15(23)11(20-8-5-6-8)3-2-4-12(21)22/h2,4,7-8,11,20H,3,5-6H2,1H3,(H,21,22)/b4-2-. The number of rotatable bonds is 8. The molecule has 1 aromatic rings. The number of ketones is 1. The van der Waals surface area contributed by atoms with Crippen LogP contribution in [0.25, 0.3) is 0 Å². The van der Waals surface area contributed by atoms with E-state index in [2.05, 4.69) is 10.1 Å². The van der Waals surface area contributed by atoms with Crippen molar-refractivity contribution in [2.45, 2.75) is 31.3 Å². The lowest BCUT2D eigenvalue weighted by Crippen LogP contribution is -2.38. The van der Waals surface area contributed by atoms with Crippen molar-refractivity contribution in [2.75, 3.05) is 7.11 Å². The summed E-state index contributed by atoms with van der Waals surface area (Å²) in [5.74, 6) is -7.15. The van der Waals surface area contributed by atoms with Crippen LogP contribution in [0.5, 0.6) is 5.75 Å². The number of Topliss-reactive ketones (excluding diaryl/α,β-unsaturated/α-hetero) is 1. The summed E-state index contributed by atoms with van der Waals surface area (Å²) in [5, 5.41) is 11.5. The number of ether oxygens (including phenoxy) is 1. The average Bonchev–Trinajstić information content (AvgIpc) is 3.33. The second kappa shape index (κ2) is 7.48. The molecular formula is C16H16F3NO4. The van der Waals surface area contributed by atoms with Gasteiger partial charge in [-0.2, -0.15) is 4.39 Å². The van der Waals surface area contributed by atoms with Crippen molar-refractivity contribution in [1.29, 1.82) is 0 Å². The number of methoxy groups -OCH3 is 1. The highest BCUT2D eigenvalue weighted by molar-refractivity contribution is 6.01. The van der Waals surface area contributed by atoms with Gasteiger partial charge in [-0.25, -0.2) is 13.6 Å². The van der Waals surface area contributed by atoms with Crippen molar-refractivity contribution in [3.8, 4) is 5.75 Å². The molecule has 1 aromatic carbocycles. The molecule has 1 aliphatic carbocycles. The van der Waals surface area contributed by atoms with Gasteiger partial charge in [-0.15, -0.1) is 0 Å². The maximum Gasteiger partial charge on any atom is 0.327 e. The number of hydrogen-bond donors (Lipinski definition) is 2. The third kappa shape index (κ3) is 4.14. The second-order valence-corrected chi connectivity index (χ2v) is 5.40. The lowest BCUT2D eigenvalue weighted by atomic mass is 9.99. The van der Waals surface area contributed by atoms with Gasteiger partial charge in [-0.05, 0) is 25.3 Å². The van der Waals surface area contributed by atoms with Gasteiger partial charge in [-0.3, -0.25) is 4.79 Å². The monoisotopic (exact) mass is 343 g/mol. The number of aliphatic carboxylic acids is 1. The first-order valence-electron chi connectivity index (χ1n) is 7.26. The molecule has 1 saturated carbocycles. The molecule has 0 aliphatic heterocycles. The minimum atomic E-state index is -1.51. The summed E-state index contributed by atoms with van der Waals surface area (Å²) in [5.41, 5.74) is -0.646. The lowest BCUT2D eigenvalue weighted by Gasteiger charge is -2.17. The molecule has 24 heavy (non-hydrogen) atoms. The molecule has 1 atom stereocenters. The molecular weight excluding hydrogens is 327 g/mol. The largest absolute Gasteiger partial charge is 0.491 e. The van der Waals surface area contributed by atoms with Crippen molar-refractivity contribution >= 4 is 11.8 Å². The highest BCUT2D eigenvalue weighted by Gasteiger charge is 2.31. The Morgan fingerprint density at radius 3 is 2.58 bits per heavy atom. The van der Waals surface area contributed by atoms with Crippen LogP contribution in [0.1, 0.15) is 29.6 Å². The van der Waals surface area contributed by atoms with Crippen LogP contribution in [0.15, 0.2) is 18.2 Å². The number of carbonyl (C=O) groups is 2. The Kier molecular flexibility index (Phi) is 5.61. The molecule has 0 bridgehead atoms. The topological polar surface area (TPSA) is 75.6 Å². The maximum absolute atomic E-state index is 14.2. The molecule has 1 fully saturated rings. The highest BCUT2D eigenvalue weighted by Crippen LogP contribution is 2.29. The summed E-state index contributed by atoms with van der Waals surface area (Å²) in [7, 11) is 0.963. The lowest BCUT2D eigenvalue weighted by molar-refractivity contribution is -0.131. The Balaban J connectivity index is 2.31. The van der Waals surface area contributed by atoms with Crippen LogP contribution in [0.3, 0.4) is 0 Å². The van der Waals surface area contributed by atoms with E-state index >= 15 is 0 Å². The van der Waals surface area contributed by atoms with Gasteiger partial charge in [0.2, 0.25) is 5.82 Å². The highest BCUT2D eigenvalue weighted by atomic mass is 19.2. The van der Waals surface area contributed by atoms with Crippen LogP contribution in [0, 0.1) is 17.5 Å². The molecule has 5 nitrogen and oxygen atoms in total. The third-order valence-corrected chi connectivity index (χ3v) is 3.55. The Morgan fingerprint density at radius 1 is 1.38 bits per heavy atom. The van der Waals surface area contributed by atoms with Crippen LogP contribution in [0.2, 0.25) is 0 Å². The first kappa shape index (κ1) is 18.0. The minimum absolute atomic E-state index is 0.0254. The van der Waals surface area contributed by atoms with Gasteiger partial charge in [0, 0.05) is 12.1 Å². The van der Waals surface area contributed by atoms with Gasteiger partial charge in [0.25, 0.3) is 0 Å². The molecule has 2 N–H and O–H groups in total. The fourth-order valence-corrected chi connectivity index (χ4v) is 2.22. The number of nitrogens with one attached hydrogen (secondary N) is 1. The smallest absolute Gasteiger partial charge is 0.327 e. The van der Waals surface area contributed by atoms with Gasteiger partial charge in [0.1, 0.15) is 0 Å². The van der Waals surface area contributed by atoms with E-state index in [0.29, 0.717) is 6.07 Å². The minimum Gasteiger partial charge on any atom is -0.491 e. The van der Waals surface area contributed by atoms with Crippen LogP contribution < -0.4 is 10.1 Å². The molecule has 0 saturated heterocycles. The Bertz CT molecular complexity index is 686. The van der Waals surface area contributed by atoms with Gasteiger partial charge >= 0.3 is 5.97 Å².